The normalized spacial score (nSPS) is 11.9. The number of fused-ring (bicyclic) bond motifs is 9. The van der Waals surface area contributed by atoms with Gasteiger partial charge in [0.2, 0.25) is 0 Å². The lowest BCUT2D eigenvalue weighted by Crippen LogP contribution is -2.00. The van der Waals surface area contributed by atoms with Gasteiger partial charge < -0.3 is 13.4 Å². The Morgan fingerprint density at radius 2 is 0.895 bits per heavy atom. The molecule has 0 aliphatic heterocycles. The second-order valence-corrected chi connectivity index (χ2v) is 14.4. The Hall–Kier alpha value is -7.83. The summed E-state index contributed by atoms with van der Waals surface area (Å²) in [5.41, 5.74) is 11.5. The third-order valence-corrected chi connectivity index (χ3v) is 11.1. The van der Waals surface area contributed by atoms with Gasteiger partial charge in [-0.1, -0.05) is 121 Å². The van der Waals surface area contributed by atoms with Crippen molar-refractivity contribution in [2.75, 3.05) is 0 Å². The predicted molar refractivity (Wildman–Crippen MR) is 230 cm³/mol. The monoisotopic (exact) mass is 730 g/mol. The SMILES string of the molecule is c1ccc(-c2nc(-c3ccc4c(c3)oc3ccccc34)nc(-c3cccc4oc5cc(-c6ccc7c8ccccc8n(-c8ccccc8)c7c6)ccc5c34)n2)cc1. The number of furan rings is 2. The third kappa shape index (κ3) is 5.01. The maximum Gasteiger partial charge on any atom is 0.164 e. The van der Waals surface area contributed by atoms with E-state index in [1.54, 1.807) is 0 Å². The molecule has 4 aromatic heterocycles. The minimum absolute atomic E-state index is 0.566. The summed E-state index contributed by atoms with van der Waals surface area (Å²) in [5.74, 6) is 1.73. The van der Waals surface area contributed by atoms with Crippen molar-refractivity contribution >= 4 is 65.7 Å². The molecule has 0 spiro atoms. The van der Waals surface area contributed by atoms with Crippen molar-refractivity contribution in [2.24, 2.45) is 0 Å². The number of hydrogen-bond donors (Lipinski definition) is 0. The third-order valence-electron chi connectivity index (χ3n) is 11.1. The highest BCUT2D eigenvalue weighted by Gasteiger charge is 2.20. The van der Waals surface area contributed by atoms with Gasteiger partial charge in [0, 0.05) is 54.7 Å². The van der Waals surface area contributed by atoms with E-state index in [4.69, 9.17) is 23.8 Å². The lowest BCUT2D eigenvalue weighted by atomic mass is 10.0. The van der Waals surface area contributed by atoms with Gasteiger partial charge in [0.15, 0.2) is 17.5 Å². The number of nitrogens with zero attached hydrogens (tertiary/aromatic N) is 4. The van der Waals surface area contributed by atoms with Crippen molar-refractivity contribution in [1.82, 2.24) is 19.5 Å². The molecule has 0 atom stereocenters. The van der Waals surface area contributed by atoms with E-state index in [9.17, 15) is 0 Å². The Morgan fingerprint density at radius 3 is 1.75 bits per heavy atom. The standard InChI is InChI=1S/C51H30N4O2/c1-3-12-31(13-4-1)49-52-50(34-24-26-39-38-17-8-10-20-44(38)56-46(39)30-34)54-51(53-49)41-18-11-21-45-48(41)40-27-23-33(29-47(40)57-45)32-22-25-37-36-16-7-9-19-42(36)55(43(37)28-32)35-14-5-2-6-15-35/h1-30H. The molecular weight excluding hydrogens is 701 g/mol. The summed E-state index contributed by atoms with van der Waals surface area (Å²) in [6.45, 7) is 0. The zero-order chi connectivity index (χ0) is 37.5. The van der Waals surface area contributed by atoms with E-state index in [-0.39, 0.29) is 0 Å². The molecule has 0 N–H and O–H groups in total. The van der Waals surface area contributed by atoms with Gasteiger partial charge in [-0.2, -0.15) is 0 Å². The van der Waals surface area contributed by atoms with Crippen LogP contribution in [0.4, 0.5) is 0 Å². The Kier molecular flexibility index (Phi) is 6.83. The van der Waals surface area contributed by atoms with Crippen LogP contribution in [0.5, 0.6) is 0 Å². The van der Waals surface area contributed by atoms with Crippen LogP contribution in [0.1, 0.15) is 0 Å². The molecule has 4 heterocycles. The highest BCUT2D eigenvalue weighted by Crippen LogP contribution is 2.40. The van der Waals surface area contributed by atoms with Gasteiger partial charge in [0.05, 0.1) is 11.0 Å². The topological polar surface area (TPSA) is 69.9 Å². The van der Waals surface area contributed by atoms with E-state index < -0.39 is 0 Å². The van der Waals surface area contributed by atoms with E-state index in [1.807, 2.05) is 66.7 Å². The first-order chi connectivity index (χ1) is 28.2. The van der Waals surface area contributed by atoms with E-state index in [2.05, 4.69) is 120 Å². The zero-order valence-corrected chi connectivity index (χ0v) is 30.4. The van der Waals surface area contributed by atoms with Crippen molar-refractivity contribution in [2.45, 2.75) is 0 Å². The average molecular weight is 731 g/mol. The first kappa shape index (κ1) is 31.5. The van der Waals surface area contributed by atoms with Crippen molar-refractivity contribution in [1.29, 1.82) is 0 Å². The summed E-state index contributed by atoms with van der Waals surface area (Å²) in [6.07, 6.45) is 0. The van der Waals surface area contributed by atoms with Crippen LogP contribution < -0.4 is 0 Å². The Labute approximate surface area is 325 Å². The lowest BCUT2D eigenvalue weighted by molar-refractivity contribution is 0.668. The Morgan fingerprint density at radius 1 is 0.333 bits per heavy atom. The molecule has 8 aromatic carbocycles. The molecule has 57 heavy (non-hydrogen) atoms. The van der Waals surface area contributed by atoms with E-state index in [0.29, 0.717) is 17.5 Å². The van der Waals surface area contributed by atoms with Gasteiger partial charge >= 0.3 is 0 Å². The van der Waals surface area contributed by atoms with Crippen LogP contribution in [0, 0.1) is 0 Å². The second-order valence-electron chi connectivity index (χ2n) is 14.4. The molecule has 6 heteroatoms. The molecule has 0 aliphatic carbocycles. The Bertz CT molecular complexity index is 3530. The van der Waals surface area contributed by atoms with Crippen molar-refractivity contribution in [3.05, 3.63) is 182 Å². The second kappa shape index (κ2) is 12.3. The quantitative estimate of drug-likeness (QED) is 0.176. The minimum atomic E-state index is 0.566. The average Bonchev–Trinajstić information content (AvgIpc) is 3.95. The molecule has 0 saturated carbocycles. The molecular formula is C51H30N4O2. The molecule has 0 aliphatic rings. The van der Waals surface area contributed by atoms with Crippen LogP contribution in [-0.4, -0.2) is 19.5 Å². The maximum absolute atomic E-state index is 6.62. The van der Waals surface area contributed by atoms with Crippen molar-refractivity contribution in [3.8, 4) is 51.0 Å². The smallest absolute Gasteiger partial charge is 0.164 e. The molecule has 0 amide bonds. The number of hydrogen-bond acceptors (Lipinski definition) is 5. The van der Waals surface area contributed by atoms with Crippen molar-refractivity contribution < 1.29 is 8.83 Å². The van der Waals surface area contributed by atoms with Gasteiger partial charge in [-0.05, 0) is 71.8 Å². The summed E-state index contributed by atoms with van der Waals surface area (Å²) in [5, 5.41) is 6.54. The summed E-state index contributed by atoms with van der Waals surface area (Å²) in [7, 11) is 0. The molecule has 266 valence electrons. The van der Waals surface area contributed by atoms with Crippen LogP contribution in [-0.2, 0) is 0 Å². The number of aromatic nitrogens is 4. The van der Waals surface area contributed by atoms with Gasteiger partial charge in [0.25, 0.3) is 0 Å². The molecule has 0 saturated heterocycles. The van der Waals surface area contributed by atoms with Crippen LogP contribution in [0.25, 0.3) is 117 Å². The van der Waals surface area contributed by atoms with Crippen LogP contribution in [0.2, 0.25) is 0 Å². The summed E-state index contributed by atoms with van der Waals surface area (Å²) in [4.78, 5) is 15.2. The van der Waals surface area contributed by atoms with E-state index >= 15 is 0 Å². The Balaban J connectivity index is 1.01. The fraction of sp³-hybridized carbons (Fsp3) is 0. The molecule has 6 nitrogen and oxygen atoms in total. The van der Waals surface area contributed by atoms with Crippen LogP contribution >= 0.6 is 0 Å². The van der Waals surface area contributed by atoms with Gasteiger partial charge in [-0.25, -0.2) is 15.0 Å². The maximum atomic E-state index is 6.62. The highest BCUT2D eigenvalue weighted by molar-refractivity contribution is 6.13. The van der Waals surface area contributed by atoms with Gasteiger partial charge in [-0.3, -0.25) is 0 Å². The van der Waals surface area contributed by atoms with Crippen LogP contribution in [0.15, 0.2) is 191 Å². The zero-order valence-electron chi connectivity index (χ0n) is 30.4. The summed E-state index contributed by atoms with van der Waals surface area (Å²) >= 11 is 0. The fourth-order valence-electron chi connectivity index (χ4n) is 8.40. The fourth-order valence-corrected chi connectivity index (χ4v) is 8.40. The molecule has 12 aromatic rings. The van der Waals surface area contributed by atoms with Gasteiger partial charge in [-0.15, -0.1) is 0 Å². The molecule has 12 rings (SSSR count). The highest BCUT2D eigenvalue weighted by atomic mass is 16.3. The first-order valence-electron chi connectivity index (χ1n) is 19.0. The number of benzene rings is 8. The number of rotatable bonds is 5. The van der Waals surface area contributed by atoms with E-state index in [1.165, 1.54) is 16.3 Å². The largest absolute Gasteiger partial charge is 0.456 e. The number of para-hydroxylation sites is 3. The first-order valence-corrected chi connectivity index (χ1v) is 19.0. The molecule has 0 unspecified atom stereocenters. The summed E-state index contributed by atoms with van der Waals surface area (Å²) < 4.78 is 15.2. The van der Waals surface area contributed by atoms with Gasteiger partial charge in [0.1, 0.15) is 22.3 Å². The predicted octanol–water partition coefficient (Wildman–Crippen LogP) is 13.4. The van der Waals surface area contributed by atoms with Crippen LogP contribution in [0.3, 0.4) is 0 Å². The van der Waals surface area contributed by atoms with E-state index in [0.717, 1.165) is 82.9 Å². The summed E-state index contributed by atoms with van der Waals surface area (Å²) in [6, 6.07) is 62.8. The molecule has 0 radical (unpaired) electrons. The lowest BCUT2D eigenvalue weighted by Gasteiger charge is -2.09. The van der Waals surface area contributed by atoms with Crippen molar-refractivity contribution in [3.63, 3.8) is 0 Å². The molecule has 0 bridgehead atoms. The molecule has 0 fully saturated rings. The minimum Gasteiger partial charge on any atom is -0.456 e.